The molecule has 0 aliphatic heterocycles. The number of nitrogens with two attached hydrogens (primary N) is 1. The van der Waals surface area contributed by atoms with Crippen LogP contribution in [-0.2, 0) is 0 Å². The predicted octanol–water partition coefficient (Wildman–Crippen LogP) is 3.19. The smallest absolute Gasteiger partial charge is 0.0438 e. The molecule has 0 saturated carbocycles. The number of rotatable bonds is 2. The molecular formula is C12H12N2S. The van der Waals surface area contributed by atoms with Gasteiger partial charge in [-0.15, -0.1) is 0 Å². The molecule has 0 aromatic heterocycles. The van der Waals surface area contributed by atoms with Gasteiger partial charge < -0.3 is 10.5 Å². The second kappa shape index (κ2) is 4.28. The summed E-state index contributed by atoms with van der Waals surface area (Å²) >= 11 is 3.98. The summed E-state index contributed by atoms with van der Waals surface area (Å²) in [5, 5.41) is 0. The molecule has 2 aromatic rings. The lowest BCUT2D eigenvalue weighted by Gasteiger charge is -2.03. The van der Waals surface area contributed by atoms with E-state index in [2.05, 4.69) is 17.5 Å². The minimum absolute atomic E-state index is 0.785. The lowest BCUT2D eigenvalue weighted by atomic mass is 10.1. The number of hydrogen-bond acceptors (Lipinski definition) is 3. The Morgan fingerprint density at radius 2 is 1.27 bits per heavy atom. The number of nitrogens with one attached hydrogen (secondary N) is 1. The predicted molar refractivity (Wildman–Crippen MR) is 68.9 cm³/mol. The highest BCUT2D eigenvalue weighted by Crippen LogP contribution is 2.22. The Bertz CT molecular complexity index is 434. The fraction of sp³-hybridized carbons (Fsp3) is 0. The quantitative estimate of drug-likeness (QED) is 0.533. The third-order valence-electron chi connectivity index (χ3n) is 2.26. The molecule has 0 atom stereocenters. The largest absolute Gasteiger partial charge is 0.399 e. The molecule has 3 heteroatoms. The van der Waals surface area contributed by atoms with Gasteiger partial charge in [-0.25, -0.2) is 0 Å². The van der Waals surface area contributed by atoms with E-state index in [-0.39, 0.29) is 0 Å². The zero-order valence-electron chi connectivity index (χ0n) is 8.14. The van der Waals surface area contributed by atoms with Crippen LogP contribution in [0.25, 0.3) is 11.1 Å². The van der Waals surface area contributed by atoms with Crippen LogP contribution in [0.4, 0.5) is 11.4 Å². The maximum absolute atomic E-state index is 5.63. The highest BCUT2D eigenvalue weighted by Gasteiger charge is 1.96. The zero-order chi connectivity index (χ0) is 10.7. The molecule has 15 heavy (non-hydrogen) atoms. The van der Waals surface area contributed by atoms with Crippen LogP contribution < -0.4 is 10.5 Å². The van der Waals surface area contributed by atoms with E-state index >= 15 is 0 Å². The summed E-state index contributed by atoms with van der Waals surface area (Å²) in [6.07, 6.45) is 0. The summed E-state index contributed by atoms with van der Waals surface area (Å²) in [5.74, 6) is 0. The molecule has 0 bridgehead atoms. The first-order chi connectivity index (χ1) is 7.29. The van der Waals surface area contributed by atoms with Gasteiger partial charge in [0.1, 0.15) is 0 Å². The number of thiol groups is 1. The lowest BCUT2D eigenvalue weighted by molar-refractivity contribution is 1.61. The van der Waals surface area contributed by atoms with E-state index in [1.54, 1.807) is 0 Å². The van der Waals surface area contributed by atoms with Gasteiger partial charge in [0.15, 0.2) is 0 Å². The summed E-state index contributed by atoms with van der Waals surface area (Å²) in [6.45, 7) is 0. The van der Waals surface area contributed by atoms with Crippen molar-refractivity contribution < 1.29 is 0 Å². The monoisotopic (exact) mass is 216 g/mol. The van der Waals surface area contributed by atoms with E-state index in [4.69, 9.17) is 5.73 Å². The van der Waals surface area contributed by atoms with Crippen molar-refractivity contribution in [1.29, 1.82) is 0 Å². The van der Waals surface area contributed by atoms with E-state index in [1.165, 1.54) is 5.56 Å². The normalized spacial score (nSPS) is 9.93. The average molecular weight is 216 g/mol. The number of benzene rings is 2. The van der Waals surface area contributed by atoms with Crippen LogP contribution in [0, 0.1) is 0 Å². The maximum Gasteiger partial charge on any atom is 0.0438 e. The second-order valence-corrected chi connectivity index (χ2v) is 3.53. The Morgan fingerprint density at radius 1 is 0.800 bits per heavy atom. The number of nitrogen functional groups attached to an aromatic ring is 1. The molecule has 76 valence electrons. The highest BCUT2D eigenvalue weighted by atomic mass is 32.1. The van der Waals surface area contributed by atoms with Crippen LogP contribution >= 0.6 is 12.8 Å². The van der Waals surface area contributed by atoms with Crippen molar-refractivity contribution in [2.24, 2.45) is 0 Å². The van der Waals surface area contributed by atoms with Gasteiger partial charge in [0.05, 0.1) is 0 Å². The van der Waals surface area contributed by atoms with Crippen molar-refractivity contribution in [3.8, 4) is 11.1 Å². The SMILES string of the molecule is Nc1ccc(-c2ccc(NS)cc2)cc1. The van der Waals surface area contributed by atoms with Crippen LogP contribution in [0.2, 0.25) is 0 Å². The van der Waals surface area contributed by atoms with E-state index in [0.717, 1.165) is 16.9 Å². The molecule has 0 heterocycles. The minimum atomic E-state index is 0.785. The minimum Gasteiger partial charge on any atom is -0.399 e. The molecule has 2 rings (SSSR count). The van der Waals surface area contributed by atoms with E-state index < -0.39 is 0 Å². The Morgan fingerprint density at radius 3 is 1.73 bits per heavy atom. The molecule has 2 aromatic carbocycles. The van der Waals surface area contributed by atoms with Crippen LogP contribution in [0.3, 0.4) is 0 Å². The lowest BCUT2D eigenvalue weighted by Crippen LogP contribution is -1.84. The van der Waals surface area contributed by atoms with Crippen molar-refractivity contribution in [2.45, 2.75) is 0 Å². The molecule has 3 N–H and O–H groups in total. The maximum atomic E-state index is 5.63. The van der Waals surface area contributed by atoms with Gasteiger partial charge in [0, 0.05) is 11.4 Å². The zero-order valence-corrected chi connectivity index (χ0v) is 9.04. The second-order valence-electron chi connectivity index (χ2n) is 3.31. The van der Waals surface area contributed by atoms with Crippen LogP contribution in [-0.4, -0.2) is 0 Å². The molecule has 0 spiro atoms. The van der Waals surface area contributed by atoms with Gasteiger partial charge in [-0.3, -0.25) is 0 Å². The van der Waals surface area contributed by atoms with E-state index in [1.807, 2.05) is 48.5 Å². The molecule has 0 unspecified atom stereocenters. The molecular weight excluding hydrogens is 204 g/mol. The summed E-state index contributed by atoms with van der Waals surface area (Å²) in [7, 11) is 0. The fourth-order valence-electron chi connectivity index (χ4n) is 1.41. The van der Waals surface area contributed by atoms with Crippen LogP contribution in [0.1, 0.15) is 0 Å². The van der Waals surface area contributed by atoms with Gasteiger partial charge >= 0.3 is 0 Å². The first-order valence-electron chi connectivity index (χ1n) is 4.66. The summed E-state index contributed by atoms with van der Waals surface area (Å²) in [5.41, 5.74) is 9.73. The molecule has 0 radical (unpaired) electrons. The fourth-order valence-corrected chi connectivity index (χ4v) is 1.56. The van der Waals surface area contributed by atoms with Crippen molar-refractivity contribution in [3.63, 3.8) is 0 Å². The molecule has 0 aliphatic carbocycles. The highest BCUT2D eigenvalue weighted by molar-refractivity contribution is 7.81. The molecule has 2 nitrogen and oxygen atoms in total. The molecule has 0 aliphatic rings. The average Bonchev–Trinajstić information content (AvgIpc) is 2.30. The van der Waals surface area contributed by atoms with Crippen molar-refractivity contribution in [3.05, 3.63) is 48.5 Å². The summed E-state index contributed by atoms with van der Waals surface area (Å²) < 4.78 is 2.79. The molecule has 0 amide bonds. The Kier molecular flexibility index (Phi) is 2.83. The first kappa shape index (κ1) is 9.93. The summed E-state index contributed by atoms with van der Waals surface area (Å²) in [6, 6.07) is 15.9. The van der Waals surface area contributed by atoms with E-state index in [9.17, 15) is 0 Å². The van der Waals surface area contributed by atoms with E-state index in [0.29, 0.717) is 0 Å². The molecule has 0 saturated heterocycles. The van der Waals surface area contributed by atoms with Crippen molar-refractivity contribution in [2.75, 3.05) is 10.5 Å². The van der Waals surface area contributed by atoms with Crippen molar-refractivity contribution >= 4 is 24.2 Å². The van der Waals surface area contributed by atoms with Gasteiger partial charge in [-0.2, -0.15) is 0 Å². The Balaban J connectivity index is 2.33. The molecule has 0 fully saturated rings. The standard InChI is InChI=1S/C12H12N2S/c13-11-5-1-9(2-6-11)10-3-7-12(14-15)8-4-10/h1-8,14-15H,13H2. The Labute approximate surface area is 94.7 Å². The topological polar surface area (TPSA) is 38.0 Å². The van der Waals surface area contributed by atoms with Crippen molar-refractivity contribution in [1.82, 2.24) is 0 Å². The van der Waals surface area contributed by atoms with Gasteiger partial charge in [0.25, 0.3) is 0 Å². The van der Waals surface area contributed by atoms with Gasteiger partial charge in [-0.1, -0.05) is 37.1 Å². The number of anilines is 2. The first-order valence-corrected chi connectivity index (χ1v) is 5.10. The Hall–Kier alpha value is -1.61. The van der Waals surface area contributed by atoms with Crippen LogP contribution in [0.15, 0.2) is 48.5 Å². The van der Waals surface area contributed by atoms with Crippen LogP contribution in [0.5, 0.6) is 0 Å². The third-order valence-corrected chi connectivity index (χ3v) is 2.52. The van der Waals surface area contributed by atoms with Gasteiger partial charge in [0.2, 0.25) is 0 Å². The van der Waals surface area contributed by atoms with Gasteiger partial charge in [-0.05, 0) is 35.4 Å². The third kappa shape index (κ3) is 2.25. The number of hydrogen-bond donors (Lipinski definition) is 3. The summed E-state index contributed by atoms with van der Waals surface area (Å²) in [4.78, 5) is 0.